The Hall–Kier alpha value is -2.22. The number of carboxylic acid groups (broad SMARTS) is 1. The van der Waals surface area contributed by atoms with Crippen molar-refractivity contribution in [3.8, 4) is 0 Å². The van der Waals surface area contributed by atoms with Gasteiger partial charge in [-0.25, -0.2) is 9.59 Å². The van der Waals surface area contributed by atoms with Crippen molar-refractivity contribution in [2.75, 3.05) is 7.11 Å². The fourth-order valence-corrected chi connectivity index (χ4v) is 1.82. The Morgan fingerprint density at radius 1 is 1.23 bits per heavy atom. The molecule has 0 aliphatic rings. The minimum atomic E-state index is -2.64. The average Bonchev–Trinajstić information content (AvgIpc) is 2.46. The van der Waals surface area contributed by atoms with E-state index in [4.69, 9.17) is 5.11 Å². The number of hydrogen-bond acceptors (Lipinski definition) is 6. The highest BCUT2D eigenvalue weighted by Gasteiger charge is 2.17. The van der Waals surface area contributed by atoms with Crippen LogP contribution in [0.15, 0.2) is 34.7 Å². The molecule has 0 amide bonds. The summed E-state index contributed by atoms with van der Waals surface area (Å²) in [6.45, 7) is 3.61. The van der Waals surface area contributed by atoms with Crippen LogP contribution in [0.25, 0.3) is 0 Å². The van der Waals surface area contributed by atoms with Gasteiger partial charge in [0.2, 0.25) is 0 Å². The van der Waals surface area contributed by atoms with Gasteiger partial charge in [-0.1, -0.05) is 32.0 Å². The maximum Gasteiger partial charge on any atom is 0.337 e. The number of aliphatic carboxylic acids is 1. The van der Waals surface area contributed by atoms with Crippen LogP contribution in [0.2, 0.25) is 0 Å². The Balaban J connectivity index is 0.000000406. The van der Waals surface area contributed by atoms with Crippen LogP contribution in [0.1, 0.15) is 30.6 Å². The molecule has 1 rings (SSSR count). The maximum absolute atomic E-state index is 10.8. The molecule has 0 aliphatic heterocycles. The summed E-state index contributed by atoms with van der Waals surface area (Å²) >= 11 is 0. The van der Waals surface area contributed by atoms with Gasteiger partial charge >= 0.3 is 22.4 Å². The van der Waals surface area contributed by atoms with E-state index >= 15 is 0 Å². The Morgan fingerprint density at radius 2 is 1.77 bits per heavy atom. The van der Waals surface area contributed by atoms with Crippen LogP contribution < -0.4 is 0 Å². The summed E-state index contributed by atoms with van der Waals surface area (Å²) in [6, 6.07) is 7.74. The van der Waals surface area contributed by atoms with Gasteiger partial charge in [-0.2, -0.15) is 12.8 Å². The first-order valence-electron chi connectivity index (χ1n) is 6.44. The molecule has 7 nitrogen and oxygen atoms in total. The summed E-state index contributed by atoms with van der Waals surface area (Å²) in [5.74, 6) is -1.38. The van der Waals surface area contributed by atoms with Gasteiger partial charge in [0.25, 0.3) is 0 Å². The van der Waals surface area contributed by atoms with E-state index in [0.29, 0.717) is 5.56 Å². The highest BCUT2D eigenvalue weighted by molar-refractivity contribution is 7.61. The third-order valence-corrected chi connectivity index (χ3v) is 2.81. The van der Waals surface area contributed by atoms with Crippen LogP contribution in [-0.2, 0) is 20.0 Å². The number of esters is 1. The SMILES string of the molecule is CC(C)CC(N=S(=O)=O)C(=O)O.COC(=O)c1ccccc1. The van der Waals surface area contributed by atoms with Crippen LogP contribution in [0.5, 0.6) is 0 Å². The Kier molecular flexibility index (Phi) is 9.44. The standard InChI is InChI=1S/C8H8O2.C6H11NO4S/c1-10-8(9)7-5-3-2-4-6-7;1-4(2)3-5(6(8)9)7-12(10)11/h2-6H,1H3;4-5H,3H2,1-2H3,(H,8,9). The molecule has 0 fully saturated rings. The first-order chi connectivity index (χ1) is 10.3. The minimum absolute atomic E-state index is 0.110. The van der Waals surface area contributed by atoms with Gasteiger partial charge in [-0.15, -0.1) is 0 Å². The lowest BCUT2D eigenvalue weighted by Gasteiger charge is -2.06. The molecule has 0 saturated heterocycles. The quantitative estimate of drug-likeness (QED) is 0.827. The molecule has 0 bridgehead atoms. The van der Waals surface area contributed by atoms with E-state index < -0.39 is 22.5 Å². The molecular weight excluding hydrogens is 310 g/mol. The smallest absolute Gasteiger partial charge is 0.337 e. The molecule has 0 saturated carbocycles. The monoisotopic (exact) mass is 329 g/mol. The van der Waals surface area contributed by atoms with E-state index in [2.05, 4.69) is 9.10 Å². The number of ether oxygens (including phenoxy) is 1. The van der Waals surface area contributed by atoms with Crippen LogP contribution in [0.3, 0.4) is 0 Å². The van der Waals surface area contributed by atoms with Gasteiger partial charge in [0, 0.05) is 0 Å². The fourth-order valence-electron chi connectivity index (χ4n) is 1.43. The topological polar surface area (TPSA) is 110 Å². The van der Waals surface area contributed by atoms with Crippen molar-refractivity contribution >= 4 is 22.4 Å². The lowest BCUT2D eigenvalue weighted by atomic mass is 10.1. The van der Waals surface area contributed by atoms with E-state index in [0.717, 1.165) is 0 Å². The highest BCUT2D eigenvalue weighted by Crippen LogP contribution is 2.07. The van der Waals surface area contributed by atoms with Gasteiger partial charge in [0.15, 0.2) is 6.04 Å². The second kappa shape index (κ2) is 10.5. The summed E-state index contributed by atoms with van der Waals surface area (Å²) in [7, 11) is -1.27. The predicted octanol–water partition coefficient (Wildman–Crippen LogP) is 2.02. The minimum Gasteiger partial charge on any atom is -0.480 e. The molecule has 122 valence electrons. The van der Waals surface area contributed by atoms with Crippen molar-refractivity contribution in [3.63, 3.8) is 0 Å². The number of carbonyl (C=O) groups excluding carboxylic acids is 1. The van der Waals surface area contributed by atoms with Crippen molar-refractivity contribution in [2.45, 2.75) is 26.3 Å². The van der Waals surface area contributed by atoms with Crippen molar-refractivity contribution in [2.24, 2.45) is 10.3 Å². The second-order valence-corrected chi connectivity index (χ2v) is 5.31. The molecule has 1 aromatic carbocycles. The summed E-state index contributed by atoms with van der Waals surface area (Å²) in [5, 5.41) is 8.50. The van der Waals surface area contributed by atoms with Crippen molar-refractivity contribution in [3.05, 3.63) is 35.9 Å². The largest absolute Gasteiger partial charge is 0.480 e. The molecule has 1 N–H and O–H groups in total. The van der Waals surface area contributed by atoms with Crippen molar-refractivity contribution in [1.29, 1.82) is 0 Å². The summed E-state index contributed by atoms with van der Waals surface area (Å²) < 4.78 is 27.7. The van der Waals surface area contributed by atoms with Crippen molar-refractivity contribution < 1.29 is 27.9 Å². The molecule has 1 unspecified atom stereocenters. The fraction of sp³-hybridized carbons (Fsp3) is 0.429. The molecule has 0 aromatic heterocycles. The number of hydrogen-bond donors (Lipinski definition) is 1. The molecule has 8 heteroatoms. The van der Waals surface area contributed by atoms with Gasteiger partial charge < -0.3 is 9.84 Å². The summed E-state index contributed by atoms with van der Waals surface area (Å²) in [5.41, 5.74) is 0.588. The van der Waals surface area contributed by atoms with Crippen LogP contribution in [-0.4, -0.2) is 38.6 Å². The first kappa shape index (κ1) is 19.8. The summed E-state index contributed by atoms with van der Waals surface area (Å²) in [4.78, 5) is 21.2. The Labute approximate surface area is 130 Å². The first-order valence-corrected chi connectivity index (χ1v) is 7.47. The molecule has 0 aliphatic carbocycles. The van der Waals surface area contributed by atoms with Gasteiger partial charge in [0.05, 0.1) is 12.7 Å². The van der Waals surface area contributed by atoms with Gasteiger partial charge in [-0.3, -0.25) is 0 Å². The van der Waals surface area contributed by atoms with E-state index in [1.807, 2.05) is 6.07 Å². The zero-order valence-electron chi connectivity index (χ0n) is 12.6. The van der Waals surface area contributed by atoms with E-state index in [-0.39, 0.29) is 18.3 Å². The number of carboxylic acids is 1. The highest BCUT2D eigenvalue weighted by atomic mass is 32.2. The molecular formula is C14H19NO6S. The second-order valence-electron chi connectivity index (χ2n) is 4.66. The van der Waals surface area contributed by atoms with Gasteiger partial charge in [-0.05, 0) is 24.5 Å². The molecule has 0 spiro atoms. The normalized spacial score (nSPS) is 10.9. The molecule has 1 aromatic rings. The summed E-state index contributed by atoms with van der Waals surface area (Å²) in [6.07, 6.45) is 0.239. The number of rotatable bonds is 5. The number of carbonyl (C=O) groups is 2. The number of benzene rings is 1. The van der Waals surface area contributed by atoms with Crippen LogP contribution in [0.4, 0.5) is 0 Å². The molecule has 1 atom stereocenters. The van der Waals surface area contributed by atoms with Gasteiger partial charge in [0.1, 0.15) is 0 Å². The molecule has 0 radical (unpaired) electrons. The Bertz CT molecular complexity index is 601. The van der Waals surface area contributed by atoms with E-state index in [1.54, 1.807) is 38.1 Å². The lowest BCUT2D eigenvalue weighted by Crippen LogP contribution is -2.19. The van der Waals surface area contributed by atoms with Crippen LogP contribution >= 0.6 is 0 Å². The zero-order valence-corrected chi connectivity index (χ0v) is 13.4. The zero-order chi connectivity index (χ0) is 17.1. The Morgan fingerprint density at radius 3 is 2.14 bits per heavy atom. The van der Waals surface area contributed by atoms with Crippen LogP contribution in [0, 0.1) is 5.92 Å². The lowest BCUT2D eigenvalue weighted by molar-refractivity contribution is -0.138. The third-order valence-electron chi connectivity index (χ3n) is 2.39. The maximum atomic E-state index is 10.8. The third kappa shape index (κ3) is 8.85. The van der Waals surface area contributed by atoms with E-state index in [9.17, 15) is 18.0 Å². The predicted molar refractivity (Wildman–Crippen MR) is 80.0 cm³/mol. The van der Waals surface area contributed by atoms with Crippen molar-refractivity contribution in [1.82, 2.24) is 0 Å². The number of methoxy groups -OCH3 is 1. The molecule has 0 heterocycles. The van der Waals surface area contributed by atoms with E-state index in [1.165, 1.54) is 7.11 Å². The molecule has 22 heavy (non-hydrogen) atoms. The average molecular weight is 329 g/mol. The number of nitrogens with zero attached hydrogens (tertiary/aromatic N) is 1.